The quantitative estimate of drug-likeness (QED) is 0.519. The molecule has 0 unspecified atom stereocenters. The number of ether oxygens (including phenoxy) is 1. The average molecular weight is 365 g/mol. The lowest BCUT2D eigenvalue weighted by Gasteiger charge is -2.12. The first-order chi connectivity index (χ1) is 11.6. The van der Waals surface area contributed by atoms with E-state index in [4.69, 9.17) is 15.5 Å². The number of carboxylic acids is 1. The van der Waals surface area contributed by atoms with Gasteiger partial charge in [0.05, 0.1) is 34.5 Å². The number of hydrogen-bond acceptors (Lipinski definition) is 7. The van der Waals surface area contributed by atoms with Crippen molar-refractivity contribution in [2.45, 2.75) is 4.90 Å². The Bertz CT molecular complexity index is 1030. The van der Waals surface area contributed by atoms with Crippen molar-refractivity contribution < 1.29 is 32.4 Å². The van der Waals surface area contributed by atoms with Crippen LogP contribution in [0.3, 0.4) is 0 Å². The standard InChI is InChI=1S/C14H11N3O7S/c1-24-14(20)12-11(16)7(5-15)6-17(12)10-3-2-8(25(21,22)23)4-9(10)13(18)19/h2-4,6H,16H2,1H3,(H,18,19)(H,21,22,23). The highest BCUT2D eigenvalue weighted by Crippen LogP contribution is 2.28. The zero-order valence-corrected chi connectivity index (χ0v) is 13.4. The third kappa shape index (κ3) is 3.16. The summed E-state index contributed by atoms with van der Waals surface area (Å²) in [6, 6.07) is 4.47. The molecule has 1 aromatic carbocycles. The lowest BCUT2D eigenvalue weighted by atomic mass is 10.1. The largest absolute Gasteiger partial charge is 0.478 e. The SMILES string of the molecule is COC(=O)c1c(N)c(C#N)cn1-c1ccc(S(=O)(=O)O)cc1C(=O)O. The zero-order valence-electron chi connectivity index (χ0n) is 12.6. The number of rotatable bonds is 4. The number of aromatic carboxylic acids is 1. The van der Waals surface area contributed by atoms with Crippen molar-refractivity contribution in [3.8, 4) is 11.8 Å². The van der Waals surface area contributed by atoms with Gasteiger partial charge in [-0.2, -0.15) is 13.7 Å². The number of carbonyl (C=O) groups excluding carboxylic acids is 1. The molecular formula is C14H11N3O7S. The maximum Gasteiger partial charge on any atom is 0.357 e. The van der Waals surface area contributed by atoms with Crippen LogP contribution in [0.15, 0.2) is 29.3 Å². The summed E-state index contributed by atoms with van der Waals surface area (Å²) in [5.41, 5.74) is 4.43. The van der Waals surface area contributed by atoms with Gasteiger partial charge in [0, 0.05) is 6.20 Å². The van der Waals surface area contributed by atoms with Gasteiger partial charge in [-0.3, -0.25) is 4.55 Å². The monoisotopic (exact) mass is 365 g/mol. The molecule has 0 aliphatic carbocycles. The van der Waals surface area contributed by atoms with Crippen LogP contribution in [0, 0.1) is 11.3 Å². The van der Waals surface area contributed by atoms with E-state index in [2.05, 4.69) is 4.74 Å². The molecule has 0 radical (unpaired) electrons. The highest BCUT2D eigenvalue weighted by atomic mass is 32.2. The van der Waals surface area contributed by atoms with E-state index in [1.165, 1.54) is 0 Å². The van der Waals surface area contributed by atoms with Gasteiger partial charge in [-0.15, -0.1) is 0 Å². The van der Waals surface area contributed by atoms with E-state index in [0.717, 1.165) is 36.1 Å². The molecule has 130 valence electrons. The summed E-state index contributed by atoms with van der Waals surface area (Å²) >= 11 is 0. The molecule has 2 rings (SSSR count). The Morgan fingerprint density at radius 1 is 1.36 bits per heavy atom. The van der Waals surface area contributed by atoms with Gasteiger partial charge in [0.1, 0.15) is 6.07 Å². The molecule has 0 bridgehead atoms. The van der Waals surface area contributed by atoms with Crippen molar-refractivity contribution in [2.75, 3.05) is 12.8 Å². The summed E-state index contributed by atoms with van der Waals surface area (Å²) in [5.74, 6) is -2.45. The lowest BCUT2D eigenvalue weighted by Crippen LogP contribution is -2.14. The number of hydrogen-bond donors (Lipinski definition) is 3. The Morgan fingerprint density at radius 2 is 2.00 bits per heavy atom. The number of nitrogen functional groups attached to an aromatic ring is 1. The normalized spacial score (nSPS) is 10.9. The highest BCUT2D eigenvalue weighted by molar-refractivity contribution is 7.85. The van der Waals surface area contributed by atoms with E-state index >= 15 is 0 Å². The summed E-state index contributed by atoms with van der Waals surface area (Å²) < 4.78 is 37.1. The molecule has 25 heavy (non-hydrogen) atoms. The molecule has 11 heteroatoms. The number of carbonyl (C=O) groups is 2. The summed E-state index contributed by atoms with van der Waals surface area (Å²) in [7, 11) is -3.56. The number of carboxylic acid groups (broad SMARTS) is 1. The van der Waals surface area contributed by atoms with Gasteiger partial charge >= 0.3 is 11.9 Å². The fourth-order valence-electron chi connectivity index (χ4n) is 2.16. The number of nitrogens with two attached hydrogens (primary N) is 1. The molecule has 4 N–H and O–H groups in total. The Balaban J connectivity index is 2.85. The van der Waals surface area contributed by atoms with Crippen molar-refractivity contribution in [3.63, 3.8) is 0 Å². The third-order valence-corrected chi connectivity index (χ3v) is 4.15. The topological polar surface area (TPSA) is 173 Å². The summed E-state index contributed by atoms with van der Waals surface area (Å²) in [6.07, 6.45) is 1.12. The molecule has 0 spiro atoms. The number of esters is 1. The minimum absolute atomic E-state index is 0.101. The van der Waals surface area contributed by atoms with E-state index in [1.807, 2.05) is 0 Å². The molecule has 1 heterocycles. The van der Waals surface area contributed by atoms with Gasteiger partial charge in [0.2, 0.25) is 0 Å². The van der Waals surface area contributed by atoms with Gasteiger partial charge in [-0.05, 0) is 18.2 Å². The van der Waals surface area contributed by atoms with E-state index < -0.39 is 32.5 Å². The molecule has 0 fully saturated rings. The second-order valence-electron chi connectivity index (χ2n) is 4.74. The van der Waals surface area contributed by atoms with Crippen LogP contribution in [0.1, 0.15) is 26.4 Å². The third-order valence-electron chi connectivity index (χ3n) is 3.30. The Labute approximate surface area is 141 Å². The minimum Gasteiger partial charge on any atom is -0.478 e. The molecule has 10 nitrogen and oxygen atoms in total. The van der Waals surface area contributed by atoms with E-state index in [9.17, 15) is 23.1 Å². The van der Waals surface area contributed by atoms with Crippen LogP contribution in [0.2, 0.25) is 0 Å². The summed E-state index contributed by atoms with van der Waals surface area (Å²) in [4.78, 5) is 22.8. The number of nitrogens with zero attached hydrogens (tertiary/aromatic N) is 2. The van der Waals surface area contributed by atoms with Gasteiger partial charge in [0.15, 0.2) is 5.69 Å². The predicted molar refractivity (Wildman–Crippen MR) is 83.0 cm³/mol. The van der Waals surface area contributed by atoms with Crippen molar-refractivity contribution in [3.05, 3.63) is 41.2 Å². The molecule has 0 atom stereocenters. The van der Waals surface area contributed by atoms with Crippen LogP contribution >= 0.6 is 0 Å². The number of aromatic nitrogens is 1. The van der Waals surface area contributed by atoms with Gasteiger partial charge in [-0.25, -0.2) is 9.59 Å². The van der Waals surface area contributed by atoms with Crippen LogP contribution in [-0.2, 0) is 14.9 Å². The van der Waals surface area contributed by atoms with E-state index in [0.29, 0.717) is 0 Å². The van der Waals surface area contributed by atoms with Gasteiger partial charge < -0.3 is 20.1 Å². The Hall–Kier alpha value is -3.36. The Kier molecular flexibility index (Phi) is 4.51. The fourth-order valence-corrected chi connectivity index (χ4v) is 2.67. The summed E-state index contributed by atoms with van der Waals surface area (Å²) in [6.45, 7) is 0. The van der Waals surface area contributed by atoms with Gasteiger partial charge in [-0.1, -0.05) is 0 Å². The van der Waals surface area contributed by atoms with Crippen molar-refractivity contribution in [1.29, 1.82) is 5.26 Å². The maximum absolute atomic E-state index is 11.9. The number of nitriles is 1. The first kappa shape index (κ1) is 18.0. The van der Waals surface area contributed by atoms with Crippen LogP contribution in [-0.4, -0.2) is 41.7 Å². The molecular weight excluding hydrogens is 354 g/mol. The molecule has 2 aromatic rings. The number of methoxy groups -OCH3 is 1. The predicted octanol–water partition coefficient (Wildman–Crippen LogP) is 0.663. The molecule has 0 amide bonds. The smallest absolute Gasteiger partial charge is 0.357 e. The second kappa shape index (κ2) is 6.27. The van der Waals surface area contributed by atoms with E-state index in [-0.39, 0.29) is 22.6 Å². The van der Waals surface area contributed by atoms with Crippen molar-refractivity contribution in [2.24, 2.45) is 0 Å². The fraction of sp³-hybridized carbons (Fsp3) is 0.0714. The minimum atomic E-state index is -4.64. The van der Waals surface area contributed by atoms with Crippen LogP contribution in [0.25, 0.3) is 5.69 Å². The lowest BCUT2D eigenvalue weighted by molar-refractivity contribution is 0.0590. The van der Waals surface area contributed by atoms with Crippen LogP contribution < -0.4 is 5.73 Å². The zero-order chi connectivity index (χ0) is 18.9. The van der Waals surface area contributed by atoms with Crippen LogP contribution in [0.4, 0.5) is 5.69 Å². The van der Waals surface area contributed by atoms with Crippen molar-refractivity contribution >= 4 is 27.7 Å². The second-order valence-corrected chi connectivity index (χ2v) is 6.16. The molecule has 1 aromatic heterocycles. The number of benzene rings is 1. The molecule has 0 aliphatic heterocycles. The molecule has 0 saturated carbocycles. The summed E-state index contributed by atoms with van der Waals surface area (Å²) in [5, 5.41) is 18.4. The average Bonchev–Trinajstić information content (AvgIpc) is 2.89. The molecule has 0 saturated heterocycles. The van der Waals surface area contributed by atoms with E-state index in [1.54, 1.807) is 6.07 Å². The first-order valence-electron chi connectivity index (χ1n) is 6.46. The first-order valence-corrected chi connectivity index (χ1v) is 7.90. The van der Waals surface area contributed by atoms with Gasteiger partial charge in [0.25, 0.3) is 10.1 Å². The highest BCUT2D eigenvalue weighted by Gasteiger charge is 2.25. The molecule has 0 aliphatic rings. The van der Waals surface area contributed by atoms with Crippen LogP contribution in [0.5, 0.6) is 0 Å². The number of anilines is 1. The maximum atomic E-state index is 11.9. The van der Waals surface area contributed by atoms with Crippen molar-refractivity contribution in [1.82, 2.24) is 4.57 Å². The Morgan fingerprint density at radius 3 is 2.48 bits per heavy atom.